The van der Waals surface area contributed by atoms with Crippen molar-refractivity contribution in [2.45, 2.75) is 6.92 Å². The molecular formula is C25H30ClNO6. The first-order valence-corrected chi connectivity index (χ1v) is 10.2. The van der Waals surface area contributed by atoms with Gasteiger partial charge in [-0.1, -0.05) is 24.3 Å². The number of quaternary nitrogens is 1. The zero-order valence-electron chi connectivity index (χ0n) is 19.3. The lowest BCUT2D eigenvalue weighted by Crippen LogP contribution is -3.00. The van der Waals surface area contributed by atoms with Gasteiger partial charge in [0.15, 0.2) is 34.6 Å². The molecular weight excluding hydrogens is 446 g/mol. The molecule has 0 fully saturated rings. The van der Waals surface area contributed by atoms with Crippen LogP contribution in [0.5, 0.6) is 23.0 Å². The van der Waals surface area contributed by atoms with Gasteiger partial charge < -0.3 is 37.1 Å². The number of benzene rings is 2. The molecule has 0 saturated carbocycles. The summed E-state index contributed by atoms with van der Waals surface area (Å²) in [7, 11) is 4.65. The molecule has 0 amide bonds. The van der Waals surface area contributed by atoms with E-state index in [2.05, 4.69) is 5.73 Å². The smallest absolute Gasteiger partial charge is 0.166 e. The molecule has 0 spiro atoms. The lowest BCUT2D eigenvalue weighted by atomic mass is 9.99. The number of halogens is 1. The Kier molecular flexibility index (Phi) is 11.8. The fraction of sp³-hybridized carbons (Fsp3) is 0.280. The van der Waals surface area contributed by atoms with Gasteiger partial charge in [-0.05, 0) is 54.5 Å². The fourth-order valence-corrected chi connectivity index (χ4v) is 2.83. The van der Waals surface area contributed by atoms with Crippen LogP contribution in [0.4, 0.5) is 0 Å². The average molecular weight is 476 g/mol. The van der Waals surface area contributed by atoms with Crippen molar-refractivity contribution >= 4 is 23.7 Å². The van der Waals surface area contributed by atoms with Gasteiger partial charge in [0.2, 0.25) is 0 Å². The van der Waals surface area contributed by atoms with E-state index in [9.17, 15) is 9.59 Å². The van der Waals surface area contributed by atoms with Gasteiger partial charge in [0.05, 0.1) is 27.2 Å². The molecule has 2 rings (SSSR count). The minimum atomic E-state index is -0.802. The van der Waals surface area contributed by atoms with Crippen LogP contribution in [0.3, 0.4) is 0 Å². The van der Waals surface area contributed by atoms with Crippen LogP contribution in [0, 0.1) is 5.92 Å². The maximum Gasteiger partial charge on any atom is 0.166 e. The van der Waals surface area contributed by atoms with Crippen molar-refractivity contribution in [1.82, 2.24) is 0 Å². The van der Waals surface area contributed by atoms with Gasteiger partial charge in [-0.15, -0.1) is 0 Å². The monoisotopic (exact) mass is 475 g/mol. The van der Waals surface area contributed by atoms with Crippen LogP contribution in [0.2, 0.25) is 0 Å². The third-order valence-corrected chi connectivity index (χ3v) is 4.73. The predicted molar refractivity (Wildman–Crippen MR) is 123 cm³/mol. The summed E-state index contributed by atoms with van der Waals surface area (Å²) in [5.74, 6) is 0.963. The molecule has 0 radical (unpaired) electrons. The summed E-state index contributed by atoms with van der Waals surface area (Å²) in [4.78, 5) is 24.9. The Morgan fingerprint density at radius 1 is 0.818 bits per heavy atom. The van der Waals surface area contributed by atoms with Crippen molar-refractivity contribution < 1.29 is 46.7 Å². The van der Waals surface area contributed by atoms with Crippen LogP contribution in [0.1, 0.15) is 18.1 Å². The Bertz CT molecular complexity index is 1000. The number of rotatable bonds is 12. The molecule has 0 aromatic heterocycles. The summed E-state index contributed by atoms with van der Waals surface area (Å²) >= 11 is 0. The number of carbonyl (C=O) groups is 2. The van der Waals surface area contributed by atoms with Crippen molar-refractivity contribution in [3.8, 4) is 23.0 Å². The first kappa shape index (κ1) is 27.7. The molecule has 0 bridgehead atoms. The summed E-state index contributed by atoms with van der Waals surface area (Å²) in [5, 5.41) is 0. The molecule has 0 heterocycles. The summed E-state index contributed by atoms with van der Waals surface area (Å²) < 4.78 is 21.4. The third kappa shape index (κ3) is 7.97. The second kappa shape index (κ2) is 14.0. The number of methoxy groups -OCH3 is 3. The molecule has 0 aliphatic carbocycles. The van der Waals surface area contributed by atoms with Gasteiger partial charge in [0, 0.05) is 0 Å². The number of hydrogen-bond acceptors (Lipinski definition) is 6. The lowest BCUT2D eigenvalue weighted by molar-refractivity contribution is -0.370. The zero-order valence-corrected chi connectivity index (χ0v) is 20.1. The molecule has 2 aromatic carbocycles. The predicted octanol–water partition coefficient (Wildman–Crippen LogP) is -0.162. The largest absolute Gasteiger partial charge is 1.00 e. The van der Waals surface area contributed by atoms with E-state index in [1.165, 1.54) is 12.2 Å². The second-order valence-corrected chi connectivity index (χ2v) is 6.92. The van der Waals surface area contributed by atoms with E-state index in [4.69, 9.17) is 18.9 Å². The van der Waals surface area contributed by atoms with Crippen molar-refractivity contribution in [2.75, 3.05) is 34.5 Å². The van der Waals surface area contributed by atoms with Crippen molar-refractivity contribution in [3.63, 3.8) is 0 Å². The molecule has 33 heavy (non-hydrogen) atoms. The van der Waals surface area contributed by atoms with E-state index < -0.39 is 5.92 Å². The standard InChI is InChI=1S/C25H29NO6.ClH/c1-17(20(27)9-5-18-7-11-22(29-2)24(15-18)30-3)21(28)10-6-19-8-12-23(32-14-13-26)25(16-19)31-4;/h5-12,15-17H,13-14,26H2,1-4H3;1H/b9-5+,10-6+;. The van der Waals surface area contributed by atoms with Gasteiger partial charge in [0.25, 0.3) is 0 Å². The average Bonchev–Trinajstić information content (AvgIpc) is 2.83. The van der Waals surface area contributed by atoms with E-state index >= 15 is 0 Å². The Morgan fingerprint density at radius 3 is 1.73 bits per heavy atom. The quantitative estimate of drug-likeness (QED) is 0.338. The Balaban J connectivity index is 0.00000544. The van der Waals surface area contributed by atoms with Crippen LogP contribution in [0.15, 0.2) is 48.6 Å². The number of ether oxygens (including phenoxy) is 4. The van der Waals surface area contributed by atoms with Crippen molar-refractivity contribution in [1.29, 1.82) is 0 Å². The van der Waals surface area contributed by atoms with Crippen LogP contribution in [-0.4, -0.2) is 46.0 Å². The molecule has 0 saturated heterocycles. The van der Waals surface area contributed by atoms with Gasteiger partial charge in [0.1, 0.15) is 13.2 Å². The van der Waals surface area contributed by atoms with Gasteiger partial charge >= 0.3 is 0 Å². The summed E-state index contributed by atoms with van der Waals surface area (Å²) in [6, 6.07) is 10.7. The number of hydrogen-bond donors (Lipinski definition) is 1. The number of allylic oxidation sites excluding steroid dienone is 2. The first-order valence-electron chi connectivity index (χ1n) is 10.2. The van der Waals surface area contributed by atoms with Gasteiger partial charge in [-0.2, -0.15) is 0 Å². The molecule has 178 valence electrons. The molecule has 1 unspecified atom stereocenters. The summed E-state index contributed by atoms with van der Waals surface area (Å²) in [5.41, 5.74) is 5.27. The molecule has 2 aromatic rings. The first-order chi connectivity index (χ1) is 15.4. The van der Waals surface area contributed by atoms with E-state index in [1.807, 2.05) is 6.07 Å². The molecule has 7 nitrogen and oxygen atoms in total. The van der Waals surface area contributed by atoms with Crippen LogP contribution < -0.4 is 37.1 Å². The zero-order chi connectivity index (χ0) is 23.5. The minimum absolute atomic E-state index is 0. The summed E-state index contributed by atoms with van der Waals surface area (Å²) in [6.45, 7) is 2.72. The minimum Gasteiger partial charge on any atom is -1.00 e. The van der Waals surface area contributed by atoms with Gasteiger partial charge in [-0.25, -0.2) is 0 Å². The number of carbonyl (C=O) groups excluding carboxylic acids is 2. The second-order valence-electron chi connectivity index (χ2n) is 6.92. The number of ketones is 2. The molecule has 0 aliphatic heterocycles. The SMILES string of the molecule is COc1ccc(/C=C/C(=O)C(C)C(=O)/C=C/c2ccc(OCC[NH3+])c(OC)c2)cc1OC.[Cl-]. The van der Waals surface area contributed by atoms with E-state index in [0.717, 1.165) is 11.1 Å². The third-order valence-electron chi connectivity index (χ3n) is 4.73. The highest BCUT2D eigenvalue weighted by molar-refractivity contribution is 6.13. The van der Waals surface area contributed by atoms with Crippen molar-refractivity contribution in [2.24, 2.45) is 5.92 Å². The van der Waals surface area contributed by atoms with Crippen LogP contribution in [-0.2, 0) is 9.59 Å². The maximum atomic E-state index is 12.5. The molecule has 3 N–H and O–H groups in total. The lowest BCUT2D eigenvalue weighted by Gasteiger charge is -2.10. The maximum absolute atomic E-state index is 12.5. The molecule has 8 heteroatoms. The van der Waals surface area contributed by atoms with Crippen LogP contribution in [0.25, 0.3) is 12.2 Å². The summed E-state index contributed by atoms with van der Waals surface area (Å²) in [6.07, 6.45) is 6.10. The van der Waals surface area contributed by atoms with Gasteiger partial charge in [-0.3, -0.25) is 9.59 Å². The van der Waals surface area contributed by atoms with E-state index in [-0.39, 0.29) is 24.0 Å². The van der Waals surface area contributed by atoms with E-state index in [0.29, 0.717) is 36.1 Å². The highest BCUT2D eigenvalue weighted by Gasteiger charge is 2.17. The van der Waals surface area contributed by atoms with E-state index in [1.54, 1.807) is 70.7 Å². The fourth-order valence-electron chi connectivity index (χ4n) is 2.83. The Hall–Kier alpha value is -3.29. The molecule has 1 atom stereocenters. The topological polar surface area (TPSA) is 98.7 Å². The molecule has 0 aliphatic rings. The highest BCUT2D eigenvalue weighted by Crippen LogP contribution is 2.29. The van der Waals surface area contributed by atoms with Crippen molar-refractivity contribution in [3.05, 3.63) is 59.7 Å². The Morgan fingerprint density at radius 2 is 1.27 bits per heavy atom. The Labute approximate surface area is 200 Å². The normalized spacial score (nSPS) is 11.7. The highest BCUT2D eigenvalue weighted by atomic mass is 35.5. The van der Waals surface area contributed by atoms with Crippen LogP contribution >= 0.6 is 0 Å².